The van der Waals surface area contributed by atoms with Crippen molar-refractivity contribution < 1.29 is 0 Å². The monoisotopic (exact) mass is 277 g/mol. The number of hydrogen-bond donors (Lipinski definition) is 1. The van der Waals surface area contributed by atoms with Crippen molar-refractivity contribution in [3.63, 3.8) is 0 Å². The zero-order chi connectivity index (χ0) is 15.3. The van der Waals surface area contributed by atoms with E-state index in [1.54, 1.807) is 0 Å². The molecule has 0 aliphatic heterocycles. The van der Waals surface area contributed by atoms with E-state index in [2.05, 4.69) is 69.9 Å². The normalized spacial score (nSPS) is 12.0. The highest BCUT2D eigenvalue weighted by molar-refractivity contribution is 5.53. The number of hydrogen-bond acceptors (Lipinski definition) is 3. The fraction of sp³-hybridized carbons (Fsp3) is 0.706. The van der Waals surface area contributed by atoms with E-state index < -0.39 is 0 Å². The summed E-state index contributed by atoms with van der Waals surface area (Å²) in [7, 11) is 2.20. The molecule has 0 saturated heterocycles. The van der Waals surface area contributed by atoms with Crippen LogP contribution < -0.4 is 10.2 Å². The summed E-state index contributed by atoms with van der Waals surface area (Å²) in [6.07, 6.45) is 4.35. The van der Waals surface area contributed by atoms with Gasteiger partial charge >= 0.3 is 0 Å². The van der Waals surface area contributed by atoms with Gasteiger partial charge in [-0.1, -0.05) is 13.8 Å². The molecule has 20 heavy (non-hydrogen) atoms. The first-order valence-electron chi connectivity index (χ1n) is 7.71. The SMILES string of the molecule is CCC(CC)N(C)c1cc(C)ncc1CNC(C)(C)C. The zero-order valence-corrected chi connectivity index (χ0v) is 14.2. The lowest BCUT2D eigenvalue weighted by Gasteiger charge is -2.31. The largest absolute Gasteiger partial charge is 0.371 e. The van der Waals surface area contributed by atoms with Crippen LogP contribution in [-0.2, 0) is 6.54 Å². The van der Waals surface area contributed by atoms with Crippen molar-refractivity contribution >= 4 is 5.69 Å². The van der Waals surface area contributed by atoms with E-state index in [1.165, 1.54) is 24.1 Å². The maximum Gasteiger partial charge on any atom is 0.0445 e. The Labute approximate surface area is 124 Å². The summed E-state index contributed by atoms with van der Waals surface area (Å²) in [5.74, 6) is 0. The van der Waals surface area contributed by atoms with E-state index in [-0.39, 0.29) is 5.54 Å². The number of aryl methyl sites for hydroxylation is 1. The van der Waals surface area contributed by atoms with E-state index >= 15 is 0 Å². The van der Waals surface area contributed by atoms with Crippen molar-refractivity contribution in [2.24, 2.45) is 0 Å². The minimum Gasteiger partial charge on any atom is -0.371 e. The van der Waals surface area contributed by atoms with Gasteiger partial charge in [-0.2, -0.15) is 0 Å². The molecule has 0 amide bonds. The molecule has 1 aromatic heterocycles. The van der Waals surface area contributed by atoms with E-state index in [0.717, 1.165) is 12.2 Å². The maximum atomic E-state index is 4.47. The van der Waals surface area contributed by atoms with E-state index in [9.17, 15) is 0 Å². The summed E-state index contributed by atoms with van der Waals surface area (Å²) in [5.41, 5.74) is 3.79. The van der Waals surface area contributed by atoms with Gasteiger partial charge in [0.15, 0.2) is 0 Å². The molecule has 3 heteroatoms. The standard InChI is InChI=1S/C17H31N3/c1-8-15(9-2)20(7)16-10-13(3)18-11-14(16)12-19-17(4,5)6/h10-11,15,19H,8-9,12H2,1-7H3. The highest BCUT2D eigenvalue weighted by Gasteiger charge is 2.17. The Bertz CT molecular complexity index is 417. The molecule has 3 nitrogen and oxygen atoms in total. The summed E-state index contributed by atoms with van der Waals surface area (Å²) in [4.78, 5) is 6.88. The molecule has 114 valence electrons. The van der Waals surface area contributed by atoms with Crippen LogP contribution in [0.5, 0.6) is 0 Å². The summed E-state index contributed by atoms with van der Waals surface area (Å²) in [5, 5.41) is 3.56. The van der Waals surface area contributed by atoms with Crippen molar-refractivity contribution in [1.29, 1.82) is 0 Å². The second kappa shape index (κ2) is 7.07. The van der Waals surface area contributed by atoms with Crippen molar-refractivity contribution in [3.8, 4) is 0 Å². The molecule has 1 heterocycles. The van der Waals surface area contributed by atoms with Crippen LogP contribution in [0.4, 0.5) is 5.69 Å². The first-order chi connectivity index (χ1) is 9.28. The first-order valence-corrected chi connectivity index (χ1v) is 7.71. The van der Waals surface area contributed by atoms with Crippen LogP contribution in [0.15, 0.2) is 12.3 Å². The van der Waals surface area contributed by atoms with Gasteiger partial charge in [-0.25, -0.2) is 0 Å². The molecule has 1 aromatic rings. The Kier molecular flexibility index (Phi) is 6.00. The van der Waals surface area contributed by atoms with Gasteiger partial charge in [0.05, 0.1) is 0 Å². The molecule has 0 radical (unpaired) electrons. The van der Waals surface area contributed by atoms with E-state index in [1.807, 2.05) is 6.20 Å². The Morgan fingerprint density at radius 1 is 1.25 bits per heavy atom. The van der Waals surface area contributed by atoms with Crippen LogP contribution in [-0.4, -0.2) is 23.6 Å². The van der Waals surface area contributed by atoms with Gasteiger partial charge in [0.2, 0.25) is 0 Å². The van der Waals surface area contributed by atoms with Crippen LogP contribution in [0.25, 0.3) is 0 Å². The summed E-state index contributed by atoms with van der Waals surface area (Å²) in [6.45, 7) is 14.0. The maximum absolute atomic E-state index is 4.47. The van der Waals surface area contributed by atoms with Gasteiger partial charge in [-0.15, -0.1) is 0 Å². The topological polar surface area (TPSA) is 28.2 Å². The number of pyridine rings is 1. The lowest BCUT2D eigenvalue weighted by atomic mass is 10.1. The second-order valence-corrected chi connectivity index (χ2v) is 6.64. The van der Waals surface area contributed by atoms with Crippen LogP contribution in [0.1, 0.15) is 58.7 Å². The van der Waals surface area contributed by atoms with Crippen molar-refractivity contribution in [1.82, 2.24) is 10.3 Å². The second-order valence-electron chi connectivity index (χ2n) is 6.64. The van der Waals surface area contributed by atoms with Crippen molar-refractivity contribution in [3.05, 3.63) is 23.5 Å². The molecule has 0 aliphatic rings. The quantitative estimate of drug-likeness (QED) is 0.854. The number of anilines is 1. The minimum absolute atomic E-state index is 0.121. The summed E-state index contributed by atoms with van der Waals surface area (Å²) >= 11 is 0. The Balaban J connectivity index is 3.00. The van der Waals surface area contributed by atoms with E-state index in [0.29, 0.717) is 6.04 Å². The number of aromatic nitrogens is 1. The Morgan fingerprint density at radius 2 is 1.85 bits per heavy atom. The predicted octanol–water partition coefficient (Wildman–Crippen LogP) is 3.90. The van der Waals surface area contributed by atoms with Gasteiger partial charge in [-0.05, 0) is 46.6 Å². The van der Waals surface area contributed by atoms with Crippen LogP contribution >= 0.6 is 0 Å². The molecular formula is C17H31N3. The number of nitrogens with zero attached hydrogens (tertiary/aromatic N) is 2. The summed E-state index contributed by atoms with van der Waals surface area (Å²) < 4.78 is 0. The molecule has 0 fully saturated rings. The van der Waals surface area contributed by atoms with Gasteiger partial charge in [0.1, 0.15) is 0 Å². The fourth-order valence-corrected chi connectivity index (χ4v) is 2.43. The van der Waals surface area contributed by atoms with Crippen molar-refractivity contribution in [2.75, 3.05) is 11.9 Å². The smallest absolute Gasteiger partial charge is 0.0445 e. The molecule has 0 aromatic carbocycles. The van der Waals surface area contributed by atoms with Gasteiger partial charge in [0.25, 0.3) is 0 Å². The van der Waals surface area contributed by atoms with Crippen LogP contribution in [0.3, 0.4) is 0 Å². The van der Waals surface area contributed by atoms with Gasteiger partial charge < -0.3 is 10.2 Å². The Morgan fingerprint density at radius 3 is 2.35 bits per heavy atom. The minimum atomic E-state index is 0.121. The lowest BCUT2D eigenvalue weighted by Crippen LogP contribution is -2.36. The first kappa shape index (κ1) is 17.0. The molecular weight excluding hydrogens is 246 g/mol. The predicted molar refractivity (Wildman–Crippen MR) is 88.3 cm³/mol. The van der Waals surface area contributed by atoms with Gasteiger partial charge in [0, 0.05) is 48.3 Å². The van der Waals surface area contributed by atoms with Crippen LogP contribution in [0.2, 0.25) is 0 Å². The third kappa shape index (κ3) is 4.78. The molecule has 0 bridgehead atoms. The molecule has 1 rings (SSSR count). The lowest BCUT2D eigenvalue weighted by molar-refractivity contribution is 0.423. The van der Waals surface area contributed by atoms with Crippen LogP contribution in [0, 0.1) is 6.92 Å². The zero-order valence-electron chi connectivity index (χ0n) is 14.2. The molecule has 0 aliphatic carbocycles. The molecule has 0 saturated carbocycles. The molecule has 0 atom stereocenters. The van der Waals surface area contributed by atoms with Gasteiger partial charge in [-0.3, -0.25) is 4.98 Å². The van der Waals surface area contributed by atoms with Crippen molar-refractivity contribution in [2.45, 2.75) is 72.5 Å². The number of rotatable bonds is 6. The third-order valence-corrected chi connectivity index (χ3v) is 3.78. The highest BCUT2D eigenvalue weighted by atomic mass is 15.1. The Hall–Kier alpha value is -1.09. The average Bonchev–Trinajstić information content (AvgIpc) is 2.37. The molecule has 1 N–H and O–H groups in total. The average molecular weight is 277 g/mol. The fourth-order valence-electron chi connectivity index (χ4n) is 2.43. The highest BCUT2D eigenvalue weighted by Crippen LogP contribution is 2.24. The molecule has 0 unspecified atom stereocenters. The number of nitrogens with one attached hydrogen (secondary N) is 1. The molecule has 0 spiro atoms. The summed E-state index contributed by atoms with van der Waals surface area (Å²) in [6, 6.07) is 2.79. The van der Waals surface area contributed by atoms with E-state index in [4.69, 9.17) is 0 Å². The third-order valence-electron chi connectivity index (χ3n) is 3.78.